The van der Waals surface area contributed by atoms with Crippen LogP contribution >= 0.6 is 0 Å². The Labute approximate surface area is 258 Å². The number of anilines is 3. The molecule has 1 nitrogen and oxygen atoms in total. The van der Waals surface area contributed by atoms with E-state index in [-0.39, 0.29) is 0 Å². The highest BCUT2D eigenvalue weighted by Crippen LogP contribution is 2.63. The van der Waals surface area contributed by atoms with Gasteiger partial charge in [-0.05, 0) is 86.0 Å². The summed E-state index contributed by atoms with van der Waals surface area (Å²) in [7, 11) is 0. The molecule has 1 heterocycles. The monoisotopic (exact) mass is 559 g/mol. The third-order valence-corrected chi connectivity index (χ3v) is 9.44. The molecule has 0 saturated carbocycles. The molecule has 44 heavy (non-hydrogen) atoms. The molecule has 9 rings (SSSR count). The molecule has 0 saturated heterocycles. The second-order valence-electron chi connectivity index (χ2n) is 11.7. The van der Waals surface area contributed by atoms with Crippen molar-refractivity contribution in [3.8, 4) is 33.4 Å². The van der Waals surface area contributed by atoms with E-state index in [1.807, 2.05) is 0 Å². The van der Waals surface area contributed by atoms with Gasteiger partial charge in [0.25, 0.3) is 0 Å². The van der Waals surface area contributed by atoms with Crippen LogP contribution in [0.1, 0.15) is 22.3 Å². The zero-order valence-corrected chi connectivity index (χ0v) is 24.2. The summed E-state index contributed by atoms with van der Waals surface area (Å²) in [5, 5.41) is 0. The lowest BCUT2D eigenvalue weighted by Gasteiger charge is -2.45. The minimum atomic E-state index is -0.407. The predicted octanol–water partition coefficient (Wildman–Crippen LogP) is 11.2. The van der Waals surface area contributed by atoms with Crippen molar-refractivity contribution in [3.05, 3.63) is 198 Å². The van der Waals surface area contributed by atoms with Crippen molar-refractivity contribution < 1.29 is 0 Å². The quantitative estimate of drug-likeness (QED) is 0.208. The Kier molecular flexibility index (Phi) is 5.48. The Bertz CT molecular complexity index is 2020. The molecule has 0 fully saturated rings. The van der Waals surface area contributed by atoms with Crippen LogP contribution in [0.5, 0.6) is 0 Å². The molecule has 0 N–H and O–H groups in total. The summed E-state index contributed by atoms with van der Waals surface area (Å²) in [5.74, 6) is 0. The summed E-state index contributed by atoms with van der Waals surface area (Å²) in [5.41, 5.74) is 15.9. The lowest BCUT2D eigenvalue weighted by Crippen LogP contribution is -2.36. The van der Waals surface area contributed by atoms with Crippen LogP contribution in [-0.4, -0.2) is 0 Å². The number of hydrogen-bond donors (Lipinski definition) is 0. The number of hydrogen-bond acceptors (Lipinski definition) is 1. The van der Waals surface area contributed by atoms with Crippen LogP contribution in [0.2, 0.25) is 0 Å². The summed E-state index contributed by atoms with van der Waals surface area (Å²) < 4.78 is 0. The molecule has 206 valence electrons. The molecule has 0 aromatic heterocycles. The van der Waals surface area contributed by atoms with Crippen molar-refractivity contribution in [2.24, 2.45) is 0 Å². The lowest BCUT2D eigenvalue weighted by molar-refractivity contribution is 0.752. The predicted molar refractivity (Wildman–Crippen MR) is 183 cm³/mol. The molecule has 1 aliphatic heterocycles. The maximum Gasteiger partial charge on any atom is 0.0754 e. The van der Waals surface area contributed by atoms with E-state index in [9.17, 15) is 0 Å². The van der Waals surface area contributed by atoms with Crippen molar-refractivity contribution in [1.29, 1.82) is 0 Å². The number of para-hydroxylation sites is 2. The van der Waals surface area contributed by atoms with Gasteiger partial charge >= 0.3 is 0 Å². The van der Waals surface area contributed by atoms with Crippen LogP contribution in [0.3, 0.4) is 0 Å². The van der Waals surface area contributed by atoms with Gasteiger partial charge in [0, 0.05) is 5.69 Å². The van der Waals surface area contributed by atoms with E-state index in [4.69, 9.17) is 0 Å². The SMILES string of the molecule is c1ccc(-c2cc(-c3ccccc3)cc(N3c4ccccc4C4(c5ccccc5-c5ccccc54)c4ccccc43)c2)cc1. The van der Waals surface area contributed by atoms with E-state index in [2.05, 4.69) is 181 Å². The molecule has 0 unspecified atom stereocenters. The number of fused-ring (bicyclic) bond motifs is 9. The Morgan fingerprint density at radius 3 is 1.18 bits per heavy atom. The van der Waals surface area contributed by atoms with Gasteiger partial charge in [0.05, 0.1) is 16.8 Å². The van der Waals surface area contributed by atoms with E-state index in [0.717, 1.165) is 5.69 Å². The molecule has 7 aromatic rings. The fourth-order valence-corrected chi connectivity index (χ4v) is 7.67. The summed E-state index contributed by atoms with van der Waals surface area (Å²) >= 11 is 0. The van der Waals surface area contributed by atoms with E-state index >= 15 is 0 Å². The van der Waals surface area contributed by atoms with E-state index in [1.165, 1.54) is 67.0 Å². The first kappa shape index (κ1) is 24.9. The maximum atomic E-state index is 2.48. The zero-order chi connectivity index (χ0) is 29.1. The highest BCUT2D eigenvalue weighted by Gasteiger charge is 2.51. The molecular formula is C43H29N. The molecule has 0 radical (unpaired) electrons. The van der Waals surface area contributed by atoms with Gasteiger partial charge < -0.3 is 4.90 Å². The average molecular weight is 560 g/mol. The second kappa shape index (κ2) is 9.69. The van der Waals surface area contributed by atoms with Gasteiger partial charge in [-0.25, -0.2) is 0 Å². The molecule has 0 amide bonds. The molecule has 0 atom stereocenters. The van der Waals surface area contributed by atoms with Crippen molar-refractivity contribution in [3.63, 3.8) is 0 Å². The van der Waals surface area contributed by atoms with Crippen LogP contribution in [0, 0.1) is 0 Å². The summed E-state index contributed by atoms with van der Waals surface area (Å²) in [4.78, 5) is 2.48. The van der Waals surface area contributed by atoms with Crippen LogP contribution in [-0.2, 0) is 5.41 Å². The average Bonchev–Trinajstić information content (AvgIpc) is 3.40. The van der Waals surface area contributed by atoms with Crippen molar-refractivity contribution >= 4 is 17.1 Å². The van der Waals surface area contributed by atoms with Crippen molar-refractivity contribution in [2.45, 2.75) is 5.41 Å². The molecule has 7 aromatic carbocycles. The Morgan fingerprint density at radius 1 is 0.318 bits per heavy atom. The lowest BCUT2D eigenvalue weighted by atomic mass is 9.64. The smallest absolute Gasteiger partial charge is 0.0754 e. The molecule has 2 aliphatic rings. The first-order chi connectivity index (χ1) is 21.8. The van der Waals surface area contributed by atoms with Gasteiger partial charge in [-0.1, -0.05) is 146 Å². The topological polar surface area (TPSA) is 3.24 Å². The first-order valence-corrected chi connectivity index (χ1v) is 15.3. The number of rotatable bonds is 3. The van der Waals surface area contributed by atoms with Gasteiger partial charge in [-0.2, -0.15) is 0 Å². The third-order valence-electron chi connectivity index (χ3n) is 9.44. The minimum absolute atomic E-state index is 0.407. The molecule has 1 aliphatic carbocycles. The second-order valence-corrected chi connectivity index (χ2v) is 11.7. The van der Waals surface area contributed by atoms with Gasteiger partial charge in [-0.3, -0.25) is 0 Å². The molecule has 1 spiro atoms. The van der Waals surface area contributed by atoms with Gasteiger partial charge in [0.2, 0.25) is 0 Å². The van der Waals surface area contributed by atoms with Crippen LogP contribution < -0.4 is 4.90 Å². The minimum Gasteiger partial charge on any atom is -0.310 e. The molecular weight excluding hydrogens is 530 g/mol. The van der Waals surface area contributed by atoms with Crippen molar-refractivity contribution in [1.82, 2.24) is 0 Å². The van der Waals surface area contributed by atoms with Gasteiger partial charge in [-0.15, -0.1) is 0 Å². The summed E-state index contributed by atoms with van der Waals surface area (Å²) in [6, 6.07) is 64.5. The van der Waals surface area contributed by atoms with Crippen LogP contribution in [0.15, 0.2) is 176 Å². The first-order valence-electron chi connectivity index (χ1n) is 15.3. The number of benzene rings is 7. The van der Waals surface area contributed by atoms with Gasteiger partial charge in [0.1, 0.15) is 0 Å². The normalized spacial score (nSPS) is 13.6. The highest BCUT2D eigenvalue weighted by atomic mass is 15.2. The Hall–Kier alpha value is -5.66. The van der Waals surface area contributed by atoms with E-state index in [1.54, 1.807) is 0 Å². The fraction of sp³-hybridized carbons (Fsp3) is 0.0233. The summed E-state index contributed by atoms with van der Waals surface area (Å²) in [6.45, 7) is 0. The standard InChI is InChI=1S/C43H29N/c1-3-15-30(16-4-1)32-27-33(31-17-5-2-6-18-31)29-34(28-32)44-41-25-13-11-23-39(41)43(40-24-12-14-26-42(40)44)37-21-9-7-19-35(37)36-20-8-10-22-38(36)43/h1-29H. The Balaban J connectivity index is 1.36. The van der Waals surface area contributed by atoms with Crippen LogP contribution in [0.25, 0.3) is 33.4 Å². The highest BCUT2D eigenvalue weighted by molar-refractivity contribution is 5.96. The van der Waals surface area contributed by atoms with Gasteiger partial charge in [0.15, 0.2) is 0 Å². The van der Waals surface area contributed by atoms with E-state index in [0.29, 0.717) is 0 Å². The fourth-order valence-electron chi connectivity index (χ4n) is 7.67. The maximum absolute atomic E-state index is 2.48. The zero-order valence-electron chi connectivity index (χ0n) is 24.2. The Morgan fingerprint density at radius 2 is 0.705 bits per heavy atom. The third kappa shape index (κ3) is 3.47. The largest absolute Gasteiger partial charge is 0.310 e. The van der Waals surface area contributed by atoms with Crippen LogP contribution in [0.4, 0.5) is 17.1 Å². The van der Waals surface area contributed by atoms with E-state index < -0.39 is 5.41 Å². The molecule has 1 heteroatoms. The van der Waals surface area contributed by atoms with Crippen molar-refractivity contribution in [2.75, 3.05) is 4.90 Å². The number of nitrogens with zero attached hydrogens (tertiary/aromatic N) is 1. The summed E-state index contributed by atoms with van der Waals surface area (Å²) in [6.07, 6.45) is 0. The molecule has 0 bridgehead atoms.